The molecule has 0 saturated heterocycles. The molecule has 88 valence electrons. The summed E-state index contributed by atoms with van der Waals surface area (Å²) in [5, 5.41) is 0. The van der Waals surface area contributed by atoms with Gasteiger partial charge in [-0.15, -0.1) is 0 Å². The van der Waals surface area contributed by atoms with Crippen molar-refractivity contribution < 1.29 is 14.3 Å². The second kappa shape index (κ2) is 6.59. The van der Waals surface area contributed by atoms with Gasteiger partial charge in [0.05, 0.1) is 0 Å². The van der Waals surface area contributed by atoms with Gasteiger partial charge in [0.15, 0.2) is 0 Å². The van der Waals surface area contributed by atoms with Gasteiger partial charge in [-0.2, -0.15) is 0 Å². The third kappa shape index (κ3) is 5.55. The van der Waals surface area contributed by atoms with E-state index in [2.05, 4.69) is 0 Å². The van der Waals surface area contributed by atoms with Crippen LogP contribution < -0.4 is 0 Å². The Hall–Kier alpha value is -0.860. The third-order valence-corrected chi connectivity index (χ3v) is 2.77. The van der Waals surface area contributed by atoms with Crippen molar-refractivity contribution in [1.82, 2.24) is 0 Å². The van der Waals surface area contributed by atoms with Gasteiger partial charge in [-0.05, 0) is 25.7 Å². The standard InChI is InChI=1S/C12H22O3/c1-6-12(15-11(5)14)9(3)7-8(2)10(4)13/h8-9,12H,6-7H2,1-5H3/t8-,9+,12-/m1/s1. The molecule has 0 N–H and O–H groups in total. The maximum absolute atomic E-state index is 11.1. The van der Waals surface area contributed by atoms with Crippen LogP contribution in [0.2, 0.25) is 0 Å². The summed E-state index contributed by atoms with van der Waals surface area (Å²) in [6.45, 7) is 8.95. The zero-order valence-electron chi connectivity index (χ0n) is 10.4. The molecular formula is C12H22O3. The molecule has 0 amide bonds. The topological polar surface area (TPSA) is 43.4 Å². The summed E-state index contributed by atoms with van der Waals surface area (Å²) in [6.07, 6.45) is 1.51. The van der Waals surface area contributed by atoms with E-state index in [4.69, 9.17) is 4.74 Å². The summed E-state index contributed by atoms with van der Waals surface area (Å²) >= 11 is 0. The number of esters is 1. The molecule has 3 heteroatoms. The fourth-order valence-electron chi connectivity index (χ4n) is 1.69. The van der Waals surface area contributed by atoms with Crippen LogP contribution in [0.25, 0.3) is 0 Å². The lowest BCUT2D eigenvalue weighted by Crippen LogP contribution is -2.26. The zero-order valence-corrected chi connectivity index (χ0v) is 10.4. The molecule has 3 atom stereocenters. The lowest BCUT2D eigenvalue weighted by Gasteiger charge is -2.24. The number of hydrogen-bond donors (Lipinski definition) is 0. The summed E-state index contributed by atoms with van der Waals surface area (Å²) in [5.74, 6) is 0.228. The normalized spacial score (nSPS) is 16.6. The number of carbonyl (C=O) groups is 2. The van der Waals surface area contributed by atoms with Crippen molar-refractivity contribution in [2.45, 2.75) is 53.6 Å². The van der Waals surface area contributed by atoms with Crippen LogP contribution in [0.15, 0.2) is 0 Å². The van der Waals surface area contributed by atoms with E-state index in [1.54, 1.807) is 6.92 Å². The lowest BCUT2D eigenvalue weighted by atomic mass is 9.89. The van der Waals surface area contributed by atoms with E-state index >= 15 is 0 Å². The number of hydrogen-bond acceptors (Lipinski definition) is 3. The fourth-order valence-corrected chi connectivity index (χ4v) is 1.69. The highest BCUT2D eigenvalue weighted by Crippen LogP contribution is 2.20. The first-order valence-electron chi connectivity index (χ1n) is 5.56. The highest BCUT2D eigenvalue weighted by atomic mass is 16.5. The van der Waals surface area contributed by atoms with Gasteiger partial charge in [0.1, 0.15) is 11.9 Å². The van der Waals surface area contributed by atoms with E-state index < -0.39 is 0 Å². The first-order valence-corrected chi connectivity index (χ1v) is 5.56. The number of ketones is 1. The van der Waals surface area contributed by atoms with E-state index in [1.807, 2.05) is 20.8 Å². The first-order chi connectivity index (χ1) is 6.88. The average Bonchev–Trinajstić information content (AvgIpc) is 2.13. The number of carbonyl (C=O) groups excluding carboxylic acids is 2. The first kappa shape index (κ1) is 14.1. The molecule has 0 fully saturated rings. The molecule has 3 nitrogen and oxygen atoms in total. The largest absolute Gasteiger partial charge is 0.462 e. The van der Waals surface area contributed by atoms with Crippen LogP contribution in [0.4, 0.5) is 0 Å². The highest BCUT2D eigenvalue weighted by Gasteiger charge is 2.21. The van der Waals surface area contributed by atoms with Crippen molar-refractivity contribution >= 4 is 11.8 Å². The second-order valence-electron chi connectivity index (χ2n) is 4.28. The summed E-state index contributed by atoms with van der Waals surface area (Å²) in [4.78, 5) is 22.0. The van der Waals surface area contributed by atoms with Gasteiger partial charge in [-0.3, -0.25) is 9.59 Å². The molecule has 0 unspecified atom stereocenters. The van der Waals surface area contributed by atoms with E-state index in [1.165, 1.54) is 6.92 Å². The van der Waals surface area contributed by atoms with E-state index in [0.29, 0.717) is 0 Å². The van der Waals surface area contributed by atoms with Crippen LogP contribution in [0.3, 0.4) is 0 Å². The van der Waals surface area contributed by atoms with E-state index in [0.717, 1.165) is 12.8 Å². The minimum Gasteiger partial charge on any atom is -0.462 e. The van der Waals surface area contributed by atoms with E-state index in [-0.39, 0.29) is 29.7 Å². The molecule has 0 aromatic carbocycles. The molecule has 0 aliphatic heterocycles. The maximum atomic E-state index is 11.1. The Morgan fingerprint density at radius 2 is 1.73 bits per heavy atom. The van der Waals surface area contributed by atoms with Crippen LogP contribution in [-0.4, -0.2) is 17.9 Å². The van der Waals surface area contributed by atoms with Crippen molar-refractivity contribution in [3.05, 3.63) is 0 Å². The molecule has 0 aliphatic rings. The van der Waals surface area contributed by atoms with Gasteiger partial charge in [-0.1, -0.05) is 20.8 Å². The van der Waals surface area contributed by atoms with Crippen LogP contribution in [0, 0.1) is 11.8 Å². The van der Waals surface area contributed by atoms with Crippen LogP contribution in [-0.2, 0) is 14.3 Å². The minimum atomic E-state index is -0.246. The summed E-state index contributed by atoms with van der Waals surface area (Å²) < 4.78 is 5.19. The maximum Gasteiger partial charge on any atom is 0.302 e. The lowest BCUT2D eigenvalue weighted by molar-refractivity contribution is -0.149. The quantitative estimate of drug-likeness (QED) is 0.638. The number of ether oxygens (including phenoxy) is 1. The van der Waals surface area contributed by atoms with Gasteiger partial charge in [0, 0.05) is 12.8 Å². The molecule has 0 spiro atoms. The Kier molecular flexibility index (Phi) is 6.21. The van der Waals surface area contributed by atoms with Crippen molar-refractivity contribution in [2.24, 2.45) is 11.8 Å². The van der Waals surface area contributed by atoms with Crippen LogP contribution >= 0.6 is 0 Å². The Balaban J connectivity index is 4.20. The molecule has 15 heavy (non-hydrogen) atoms. The second-order valence-corrected chi connectivity index (χ2v) is 4.28. The molecule has 0 heterocycles. The number of rotatable bonds is 6. The van der Waals surface area contributed by atoms with Gasteiger partial charge in [-0.25, -0.2) is 0 Å². The fraction of sp³-hybridized carbons (Fsp3) is 0.833. The van der Waals surface area contributed by atoms with Crippen LogP contribution in [0.5, 0.6) is 0 Å². The molecule has 0 saturated carbocycles. The van der Waals surface area contributed by atoms with Crippen LogP contribution in [0.1, 0.15) is 47.5 Å². The molecule has 0 aromatic heterocycles. The third-order valence-electron chi connectivity index (χ3n) is 2.77. The predicted molar refractivity (Wildman–Crippen MR) is 59.5 cm³/mol. The molecule has 0 rings (SSSR count). The average molecular weight is 214 g/mol. The summed E-state index contributed by atoms with van der Waals surface area (Å²) in [6, 6.07) is 0. The smallest absolute Gasteiger partial charge is 0.302 e. The SMILES string of the molecule is CC[C@@H](OC(C)=O)[C@@H](C)C[C@@H](C)C(C)=O. The highest BCUT2D eigenvalue weighted by molar-refractivity contribution is 5.77. The number of Topliss-reactive ketones (excluding diaryl/α,β-unsaturated/α-hetero) is 1. The Morgan fingerprint density at radius 1 is 1.20 bits per heavy atom. The van der Waals surface area contributed by atoms with Gasteiger partial charge >= 0.3 is 5.97 Å². The minimum absolute atomic E-state index is 0.0459. The Bertz CT molecular complexity index is 223. The zero-order chi connectivity index (χ0) is 12.0. The van der Waals surface area contributed by atoms with E-state index in [9.17, 15) is 9.59 Å². The summed E-state index contributed by atoms with van der Waals surface area (Å²) in [5.41, 5.74) is 0. The molecule has 0 radical (unpaired) electrons. The van der Waals surface area contributed by atoms with Gasteiger partial charge in [0.2, 0.25) is 0 Å². The van der Waals surface area contributed by atoms with Crippen molar-refractivity contribution in [3.63, 3.8) is 0 Å². The van der Waals surface area contributed by atoms with Crippen molar-refractivity contribution in [1.29, 1.82) is 0 Å². The van der Waals surface area contributed by atoms with Crippen molar-refractivity contribution in [2.75, 3.05) is 0 Å². The predicted octanol–water partition coefficient (Wildman–Crippen LogP) is 2.58. The summed E-state index contributed by atoms with van der Waals surface area (Å²) in [7, 11) is 0. The molecule has 0 bridgehead atoms. The monoisotopic (exact) mass is 214 g/mol. The van der Waals surface area contributed by atoms with Gasteiger partial charge in [0.25, 0.3) is 0 Å². The Morgan fingerprint density at radius 3 is 2.07 bits per heavy atom. The molecule has 0 aromatic rings. The molecular weight excluding hydrogens is 192 g/mol. The molecule has 0 aliphatic carbocycles. The van der Waals surface area contributed by atoms with Gasteiger partial charge < -0.3 is 4.74 Å². The van der Waals surface area contributed by atoms with Crippen molar-refractivity contribution in [3.8, 4) is 0 Å². The Labute approximate surface area is 92.2 Å².